The molecule has 0 aliphatic rings. The molecule has 4 aromatic rings. The second-order valence-corrected chi connectivity index (χ2v) is 9.51. The number of nitrogens with zero attached hydrogens (tertiary/aromatic N) is 2. The molecule has 0 spiro atoms. The molecule has 2 N–H and O–H groups in total. The highest BCUT2D eigenvalue weighted by atomic mass is 35.5. The molecule has 0 aliphatic carbocycles. The fourth-order valence-corrected chi connectivity index (χ4v) is 4.28. The maximum absolute atomic E-state index is 13.6. The van der Waals surface area contributed by atoms with E-state index in [-0.39, 0.29) is 24.5 Å². The third-order valence-electron chi connectivity index (χ3n) is 6.18. The van der Waals surface area contributed by atoms with Crippen LogP contribution >= 0.6 is 11.6 Å². The number of amides is 3. The molecule has 7 heteroatoms. The zero-order valence-electron chi connectivity index (χ0n) is 20.6. The molecule has 3 aromatic carbocycles. The number of hydrogen-bond donors (Lipinski definition) is 2. The third kappa shape index (κ3) is 6.46. The van der Waals surface area contributed by atoms with Gasteiger partial charge in [0, 0.05) is 46.9 Å². The number of fused-ring (bicyclic) bond motifs is 1. The lowest BCUT2D eigenvalue weighted by atomic mass is 10.1. The molecule has 0 unspecified atom stereocenters. The standard InChI is InChI=1S/C29H31ClN4O2/c1-21(2)34(29(36)32-25-14-12-24(30)13-15-25)20-28(35)33(19-22-8-4-3-5-9-22)17-16-23-18-31-27-11-7-6-10-26(23)27/h3-15,18,21,31H,16-17,19-20H2,1-2H3,(H,32,36). The number of halogens is 1. The largest absolute Gasteiger partial charge is 0.361 e. The van der Waals surface area contributed by atoms with Gasteiger partial charge in [-0.25, -0.2) is 4.79 Å². The van der Waals surface area contributed by atoms with Gasteiger partial charge in [0.2, 0.25) is 5.91 Å². The Balaban J connectivity index is 1.49. The summed E-state index contributed by atoms with van der Waals surface area (Å²) in [6.07, 6.45) is 2.72. The van der Waals surface area contributed by atoms with Gasteiger partial charge in [-0.15, -0.1) is 0 Å². The van der Waals surface area contributed by atoms with E-state index in [0.717, 1.165) is 22.0 Å². The first kappa shape index (κ1) is 25.3. The van der Waals surface area contributed by atoms with Gasteiger partial charge >= 0.3 is 6.03 Å². The lowest BCUT2D eigenvalue weighted by Crippen LogP contribution is -2.47. The summed E-state index contributed by atoms with van der Waals surface area (Å²) >= 11 is 5.95. The monoisotopic (exact) mass is 502 g/mol. The molecule has 1 aromatic heterocycles. The number of hydrogen-bond acceptors (Lipinski definition) is 2. The van der Waals surface area contributed by atoms with E-state index in [2.05, 4.69) is 16.4 Å². The maximum atomic E-state index is 13.6. The Kier molecular flexibility index (Phi) is 8.28. The number of aromatic nitrogens is 1. The minimum Gasteiger partial charge on any atom is -0.361 e. The fraction of sp³-hybridized carbons (Fsp3) is 0.241. The summed E-state index contributed by atoms with van der Waals surface area (Å²) < 4.78 is 0. The van der Waals surface area contributed by atoms with E-state index in [4.69, 9.17) is 11.6 Å². The number of rotatable bonds is 9. The van der Waals surface area contributed by atoms with Crippen LogP contribution in [0.1, 0.15) is 25.0 Å². The van der Waals surface area contributed by atoms with Crippen LogP contribution in [0.5, 0.6) is 0 Å². The van der Waals surface area contributed by atoms with Crippen LogP contribution in [0.15, 0.2) is 85.1 Å². The van der Waals surface area contributed by atoms with E-state index in [1.807, 2.05) is 73.5 Å². The van der Waals surface area contributed by atoms with Gasteiger partial charge in [0.1, 0.15) is 6.54 Å². The van der Waals surface area contributed by atoms with Gasteiger partial charge in [-0.2, -0.15) is 0 Å². The topological polar surface area (TPSA) is 68.4 Å². The van der Waals surface area contributed by atoms with Crippen LogP contribution in [0.2, 0.25) is 5.02 Å². The van der Waals surface area contributed by atoms with Crippen LogP contribution in [0, 0.1) is 0 Å². The predicted molar refractivity (Wildman–Crippen MR) is 146 cm³/mol. The van der Waals surface area contributed by atoms with Crippen molar-refractivity contribution in [1.82, 2.24) is 14.8 Å². The van der Waals surface area contributed by atoms with E-state index >= 15 is 0 Å². The number of carbonyl (C=O) groups is 2. The molecule has 0 saturated heterocycles. The Morgan fingerprint density at radius 1 is 0.944 bits per heavy atom. The van der Waals surface area contributed by atoms with Crippen molar-refractivity contribution in [2.45, 2.75) is 32.9 Å². The summed E-state index contributed by atoms with van der Waals surface area (Å²) in [6, 6.07) is 24.5. The minimum absolute atomic E-state index is 0.0161. The average molecular weight is 503 g/mol. The summed E-state index contributed by atoms with van der Waals surface area (Å²) in [5.41, 5.74) is 3.92. The van der Waals surface area contributed by atoms with Crippen LogP contribution in [0.4, 0.5) is 10.5 Å². The highest BCUT2D eigenvalue weighted by Crippen LogP contribution is 2.19. The third-order valence-corrected chi connectivity index (χ3v) is 6.43. The summed E-state index contributed by atoms with van der Waals surface area (Å²) in [6.45, 7) is 4.81. The number of aromatic amines is 1. The number of nitrogens with one attached hydrogen (secondary N) is 2. The van der Waals surface area contributed by atoms with Gasteiger partial charge in [0.15, 0.2) is 0 Å². The number of anilines is 1. The van der Waals surface area contributed by atoms with Crippen molar-refractivity contribution in [3.63, 3.8) is 0 Å². The number of para-hydroxylation sites is 1. The Labute approximate surface area is 216 Å². The molecule has 4 rings (SSSR count). The molecule has 0 saturated carbocycles. The molecule has 6 nitrogen and oxygen atoms in total. The highest BCUT2D eigenvalue weighted by molar-refractivity contribution is 6.30. The van der Waals surface area contributed by atoms with Crippen molar-refractivity contribution in [1.29, 1.82) is 0 Å². The van der Waals surface area contributed by atoms with E-state index in [0.29, 0.717) is 30.2 Å². The van der Waals surface area contributed by atoms with Gasteiger partial charge in [0.25, 0.3) is 0 Å². The van der Waals surface area contributed by atoms with E-state index < -0.39 is 0 Å². The normalized spacial score (nSPS) is 11.0. The fourth-order valence-electron chi connectivity index (χ4n) is 4.15. The van der Waals surface area contributed by atoms with Crippen LogP contribution in [0.3, 0.4) is 0 Å². The Morgan fingerprint density at radius 2 is 1.64 bits per heavy atom. The Hall–Kier alpha value is -3.77. The van der Waals surface area contributed by atoms with Crippen molar-refractivity contribution in [2.75, 3.05) is 18.4 Å². The first-order valence-corrected chi connectivity index (χ1v) is 12.5. The van der Waals surface area contributed by atoms with Crippen molar-refractivity contribution < 1.29 is 9.59 Å². The molecule has 1 heterocycles. The predicted octanol–water partition coefficient (Wildman–Crippen LogP) is 6.34. The molecule has 36 heavy (non-hydrogen) atoms. The number of benzene rings is 3. The average Bonchev–Trinajstić information content (AvgIpc) is 3.29. The molecule has 0 atom stereocenters. The summed E-state index contributed by atoms with van der Waals surface area (Å²) in [5, 5.41) is 4.63. The molecule has 0 bridgehead atoms. The van der Waals surface area contributed by atoms with Crippen molar-refractivity contribution in [2.24, 2.45) is 0 Å². The summed E-state index contributed by atoms with van der Waals surface area (Å²) in [4.78, 5) is 33.3. The van der Waals surface area contributed by atoms with Gasteiger partial charge in [0.05, 0.1) is 0 Å². The molecule has 3 amide bonds. The Bertz CT molecular complexity index is 1300. The number of urea groups is 1. The van der Waals surface area contributed by atoms with E-state index in [9.17, 15) is 9.59 Å². The summed E-state index contributed by atoms with van der Waals surface area (Å²) in [5.74, 6) is -0.0985. The molecular formula is C29H31ClN4O2. The van der Waals surface area contributed by atoms with Crippen molar-refractivity contribution in [3.8, 4) is 0 Å². The van der Waals surface area contributed by atoms with Gasteiger partial charge in [-0.05, 0) is 61.7 Å². The molecule has 0 aliphatic heterocycles. The quantitative estimate of drug-likeness (QED) is 0.280. The van der Waals surface area contributed by atoms with Crippen molar-refractivity contribution >= 4 is 40.1 Å². The second kappa shape index (κ2) is 11.8. The lowest BCUT2D eigenvalue weighted by molar-refractivity contribution is -0.132. The molecule has 0 radical (unpaired) electrons. The maximum Gasteiger partial charge on any atom is 0.322 e. The van der Waals surface area contributed by atoms with Crippen LogP contribution in [-0.2, 0) is 17.8 Å². The molecular weight excluding hydrogens is 472 g/mol. The minimum atomic E-state index is -0.322. The Morgan fingerprint density at radius 3 is 2.36 bits per heavy atom. The summed E-state index contributed by atoms with van der Waals surface area (Å²) in [7, 11) is 0. The van der Waals surface area contributed by atoms with Gasteiger partial charge < -0.3 is 20.1 Å². The lowest BCUT2D eigenvalue weighted by Gasteiger charge is -2.30. The van der Waals surface area contributed by atoms with Crippen LogP contribution in [-0.4, -0.2) is 45.9 Å². The SMILES string of the molecule is CC(C)N(CC(=O)N(CCc1c[nH]c2ccccc12)Cc1ccccc1)C(=O)Nc1ccc(Cl)cc1. The van der Waals surface area contributed by atoms with Gasteiger partial charge in [-0.3, -0.25) is 4.79 Å². The van der Waals surface area contributed by atoms with Crippen molar-refractivity contribution in [3.05, 3.63) is 101 Å². The van der Waals surface area contributed by atoms with Crippen LogP contribution in [0.25, 0.3) is 10.9 Å². The molecule has 0 fully saturated rings. The highest BCUT2D eigenvalue weighted by Gasteiger charge is 2.24. The first-order chi connectivity index (χ1) is 17.4. The zero-order chi connectivity index (χ0) is 25.5. The zero-order valence-corrected chi connectivity index (χ0v) is 21.3. The second-order valence-electron chi connectivity index (χ2n) is 9.07. The van der Waals surface area contributed by atoms with Gasteiger partial charge in [-0.1, -0.05) is 60.1 Å². The van der Waals surface area contributed by atoms with E-state index in [1.54, 1.807) is 29.2 Å². The first-order valence-electron chi connectivity index (χ1n) is 12.1. The number of H-pyrrole nitrogens is 1. The van der Waals surface area contributed by atoms with Crippen LogP contribution < -0.4 is 5.32 Å². The smallest absolute Gasteiger partial charge is 0.322 e. The van der Waals surface area contributed by atoms with E-state index in [1.165, 1.54) is 0 Å². The molecule has 186 valence electrons. The number of carbonyl (C=O) groups excluding carboxylic acids is 2.